The summed E-state index contributed by atoms with van der Waals surface area (Å²) in [5.41, 5.74) is 4.82. The Hall–Kier alpha value is -2.91. The maximum atomic E-state index is 12.9. The van der Waals surface area contributed by atoms with Crippen molar-refractivity contribution in [1.82, 2.24) is 19.7 Å². The van der Waals surface area contributed by atoms with E-state index in [2.05, 4.69) is 10.4 Å². The average molecular weight is 399 g/mol. The number of nitrogens with zero attached hydrogens (tertiary/aromatic N) is 4. The molecule has 29 heavy (non-hydrogen) atoms. The molecule has 1 aromatic carbocycles. The summed E-state index contributed by atoms with van der Waals surface area (Å²) in [4.78, 5) is 32.8. The number of benzene rings is 1. The molecule has 0 aliphatic carbocycles. The number of hydroxylamine groups is 2. The maximum absolute atomic E-state index is 12.9. The number of aliphatic hydroxyl groups is 1. The Labute approximate surface area is 168 Å². The van der Waals surface area contributed by atoms with Gasteiger partial charge in [-0.1, -0.05) is 12.1 Å². The third-order valence-electron chi connectivity index (χ3n) is 5.40. The van der Waals surface area contributed by atoms with E-state index in [1.54, 1.807) is 9.58 Å². The number of nitrogens with one attached hydrogen (secondary N) is 1. The van der Waals surface area contributed by atoms with Gasteiger partial charge in [0, 0.05) is 31.3 Å². The number of aryl methyl sites for hydroxylation is 2. The van der Waals surface area contributed by atoms with Gasteiger partial charge < -0.3 is 15.3 Å². The van der Waals surface area contributed by atoms with Crippen molar-refractivity contribution in [3.8, 4) is 0 Å². The summed E-state index contributed by atoms with van der Waals surface area (Å²) < 4.78 is 1.60. The molecule has 9 heteroatoms. The summed E-state index contributed by atoms with van der Waals surface area (Å²) in [7, 11) is 1.52. The van der Waals surface area contributed by atoms with Gasteiger partial charge >= 0.3 is 6.03 Å². The van der Waals surface area contributed by atoms with Crippen LogP contribution in [0.4, 0.5) is 10.5 Å². The number of amides is 3. The number of aliphatic hydroxyl groups excluding tert-OH is 1. The molecule has 2 aromatic rings. The van der Waals surface area contributed by atoms with E-state index in [1.165, 1.54) is 7.05 Å². The first kappa shape index (κ1) is 19.4. The normalized spacial score (nSPS) is 18.9. The highest BCUT2D eigenvalue weighted by atomic mass is 16.7. The number of anilines is 1. The van der Waals surface area contributed by atoms with Crippen molar-refractivity contribution in [2.45, 2.75) is 39.5 Å². The van der Waals surface area contributed by atoms with Crippen LogP contribution >= 0.6 is 0 Å². The minimum absolute atomic E-state index is 0.205. The van der Waals surface area contributed by atoms with E-state index in [0.29, 0.717) is 25.2 Å². The van der Waals surface area contributed by atoms with Crippen LogP contribution in [-0.4, -0.2) is 63.1 Å². The lowest BCUT2D eigenvalue weighted by Crippen LogP contribution is -2.39. The third kappa shape index (κ3) is 3.58. The smallest absolute Gasteiger partial charge is 0.322 e. The fourth-order valence-corrected chi connectivity index (χ4v) is 3.77. The Morgan fingerprint density at radius 2 is 2.17 bits per heavy atom. The molecule has 1 atom stereocenters. The lowest BCUT2D eigenvalue weighted by Gasteiger charge is -2.27. The Balaban J connectivity index is 1.59. The van der Waals surface area contributed by atoms with E-state index in [4.69, 9.17) is 4.84 Å². The van der Waals surface area contributed by atoms with Gasteiger partial charge in [-0.15, -0.1) is 0 Å². The number of carbonyl (C=O) groups excluding carboxylic acids is 2. The van der Waals surface area contributed by atoms with Crippen molar-refractivity contribution in [2.24, 2.45) is 0 Å². The molecule has 1 unspecified atom stereocenters. The Morgan fingerprint density at radius 1 is 1.38 bits per heavy atom. The molecule has 2 N–H and O–H groups in total. The second-order valence-corrected chi connectivity index (χ2v) is 7.59. The number of hydrogen-bond donors (Lipinski definition) is 2. The van der Waals surface area contributed by atoms with E-state index < -0.39 is 6.10 Å². The van der Waals surface area contributed by atoms with Crippen molar-refractivity contribution >= 4 is 17.6 Å². The molecule has 0 saturated carbocycles. The zero-order chi connectivity index (χ0) is 20.7. The molecule has 0 bridgehead atoms. The molecular weight excluding hydrogens is 374 g/mol. The fourth-order valence-electron chi connectivity index (χ4n) is 3.77. The van der Waals surface area contributed by atoms with Crippen LogP contribution in [0.25, 0.3) is 0 Å². The molecule has 0 fully saturated rings. The first-order valence-corrected chi connectivity index (χ1v) is 9.64. The van der Waals surface area contributed by atoms with E-state index in [0.717, 1.165) is 33.1 Å². The van der Waals surface area contributed by atoms with Crippen LogP contribution < -0.4 is 5.32 Å². The summed E-state index contributed by atoms with van der Waals surface area (Å²) in [6, 6.07) is 5.72. The number of urea groups is 1. The molecule has 3 heterocycles. The fraction of sp³-hybridized carbons (Fsp3) is 0.450. The molecule has 2 aliphatic rings. The Morgan fingerprint density at radius 3 is 2.93 bits per heavy atom. The molecule has 0 radical (unpaired) electrons. The first-order chi connectivity index (χ1) is 13.9. The Bertz CT molecular complexity index is 970. The largest absolute Gasteiger partial charge is 0.393 e. The van der Waals surface area contributed by atoms with Crippen LogP contribution in [0, 0.1) is 13.8 Å². The number of aromatic nitrogens is 2. The summed E-state index contributed by atoms with van der Waals surface area (Å²) in [5.74, 6) is -0.327. The average Bonchev–Trinajstić information content (AvgIpc) is 3.00. The standard InChI is InChI=1S/C20H25N5O4/c1-12-4-5-13(2)17(8-12)21-20(28)24-7-6-16-15(10-24)18-19(27)23(3)29-14(11-26)9-25(18)22-16/h4-5,8,14,26H,6-7,9-11H2,1-3H3,(H,21,28). The predicted molar refractivity (Wildman–Crippen MR) is 105 cm³/mol. The van der Waals surface area contributed by atoms with Gasteiger partial charge in [0.1, 0.15) is 11.8 Å². The maximum Gasteiger partial charge on any atom is 0.322 e. The van der Waals surface area contributed by atoms with Gasteiger partial charge in [-0.05, 0) is 31.0 Å². The zero-order valence-electron chi connectivity index (χ0n) is 16.8. The topological polar surface area (TPSA) is 99.9 Å². The highest BCUT2D eigenvalue weighted by Gasteiger charge is 2.35. The molecule has 4 rings (SSSR count). The van der Waals surface area contributed by atoms with Gasteiger partial charge in [0.15, 0.2) is 0 Å². The number of rotatable bonds is 2. The molecule has 2 aliphatic heterocycles. The van der Waals surface area contributed by atoms with Crippen molar-refractivity contribution in [3.63, 3.8) is 0 Å². The van der Waals surface area contributed by atoms with Crippen LogP contribution in [0.2, 0.25) is 0 Å². The van der Waals surface area contributed by atoms with Crippen LogP contribution in [0.1, 0.15) is 32.9 Å². The minimum atomic E-state index is -0.546. The second-order valence-electron chi connectivity index (χ2n) is 7.59. The van der Waals surface area contributed by atoms with Crippen LogP contribution in [0.5, 0.6) is 0 Å². The Kier molecular flexibility index (Phi) is 5.01. The number of carbonyl (C=O) groups is 2. The highest BCUT2D eigenvalue weighted by molar-refractivity contribution is 5.94. The van der Waals surface area contributed by atoms with Gasteiger partial charge in [-0.3, -0.25) is 14.3 Å². The van der Waals surface area contributed by atoms with E-state index in [1.807, 2.05) is 32.0 Å². The molecule has 154 valence electrons. The SMILES string of the molecule is Cc1ccc(C)c(NC(=O)N2CCc3nn4c(c3C2)C(=O)N(C)OC(CO)C4)c1. The van der Waals surface area contributed by atoms with Crippen LogP contribution in [0.3, 0.4) is 0 Å². The quantitative estimate of drug-likeness (QED) is 0.797. The number of hydrogen-bond acceptors (Lipinski definition) is 5. The summed E-state index contributed by atoms with van der Waals surface area (Å²) in [5, 5.41) is 18.2. The van der Waals surface area contributed by atoms with Gasteiger partial charge in [-0.25, -0.2) is 9.86 Å². The van der Waals surface area contributed by atoms with Crippen molar-refractivity contribution < 1.29 is 19.5 Å². The second kappa shape index (κ2) is 7.49. The summed E-state index contributed by atoms with van der Waals surface area (Å²) >= 11 is 0. The summed E-state index contributed by atoms with van der Waals surface area (Å²) in [6.45, 7) is 4.81. The van der Waals surface area contributed by atoms with Gasteiger partial charge in [-0.2, -0.15) is 5.10 Å². The summed E-state index contributed by atoms with van der Waals surface area (Å²) in [6.07, 6.45) is 0.0206. The van der Waals surface area contributed by atoms with Crippen LogP contribution in [-0.2, 0) is 24.3 Å². The van der Waals surface area contributed by atoms with Gasteiger partial charge in [0.25, 0.3) is 5.91 Å². The van der Waals surface area contributed by atoms with Crippen LogP contribution in [0.15, 0.2) is 18.2 Å². The molecule has 0 saturated heterocycles. The van der Waals surface area contributed by atoms with Crippen molar-refractivity contribution in [2.75, 3.05) is 25.5 Å². The van der Waals surface area contributed by atoms with Gasteiger partial charge in [0.2, 0.25) is 0 Å². The van der Waals surface area contributed by atoms with Gasteiger partial charge in [0.05, 0.1) is 25.4 Å². The molecule has 9 nitrogen and oxygen atoms in total. The lowest BCUT2D eigenvalue weighted by atomic mass is 10.0. The third-order valence-corrected chi connectivity index (χ3v) is 5.40. The van der Waals surface area contributed by atoms with E-state index in [-0.39, 0.29) is 25.1 Å². The first-order valence-electron chi connectivity index (χ1n) is 9.64. The lowest BCUT2D eigenvalue weighted by molar-refractivity contribution is -0.159. The molecular formula is C20H25N5O4. The molecule has 0 spiro atoms. The van der Waals surface area contributed by atoms with Crippen molar-refractivity contribution in [3.05, 3.63) is 46.3 Å². The van der Waals surface area contributed by atoms with E-state index >= 15 is 0 Å². The zero-order valence-corrected chi connectivity index (χ0v) is 16.8. The number of fused-ring (bicyclic) bond motifs is 3. The predicted octanol–water partition coefficient (Wildman–Crippen LogP) is 1.47. The minimum Gasteiger partial charge on any atom is -0.393 e. The molecule has 3 amide bonds. The van der Waals surface area contributed by atoms with Crippen molar-refractivity contribution in [1.29, 1.82) is 0 Å². The van der Waals surface area contributed by atoms with E-state index in [9.17, 15) is 14.7 Å². The molecule has 1 aromatic heterocycles. The monoisotopic (exact) mass is 399 g/mol. The highest BCUT2D eigenvalue weighted by Crippen LogP contribution is 2.27.